The van der Waals surface area contributed by atoms with Crippen LogP contribution in [0.2, 0.25) is 0 Å². The first-order valence-corrected chi connectivity index (χ1v) is 7.59. The van der Waals surface area contributed by atoms with Crippen LogP contribution in [-0.2, 0) is 6.42 Å². The van der Waals surface area contributed by atoms with Gasteiger partial charge in [0.15, 0.2) is 0 Å². The molecule has 0 saturated carbocycles. The summed E-state index contributed by atoms with van der Waals surface area (Å²) in [4.78, 5) is 0. The lowest BCUT2D eigenvalue weighted by atomic mass is 9.87. The minimum absolute atomic E-state index is 0.253. The monoisotopic (exact) mass is 265 g/mol. The van der Waals surface area contributed by atoms with Crippen molar-refractivity contribution in [3.63, 3.8) is 0 Å². The third-order valence-electron chi connectivity index (χ3n) is 3.52. The Morgan fingerprint density at radius 3 is 2.58 bits per heavy atom. The Bertz CT molecular complexity index is 366. The van der Waals surface area contributed by atoms with Crippen molar-refractivity contribution >= 4 is 0 Å². The molecular weight excluding hydrogens is 234 g/mol. The third-order valence-corrected chi connectivity index (χ3v) is 3.52. The van der Waals surface area contributed by atoms with Crippen molar-refractivity contribution < 1.29 is 0 Å². The van der Waals surface area contributed by atoms with E-state index < -0.39 is 0 Å². The second-order valence-corrected chi connectivity index (χ2v) is 6.91. The molecule has 0 amide bonds. The summed E-state index contributed by atoms with van der Waals surface area (Å²) in [6.45, 7) is 15.6. The van der Waals surface area contributed by atoms with Crippen molar-refractivity contribution in [1.29, 1.82) is 0 Å². The number of aromatic nitrogens is 2. The van der Waals surface area contributed by atoms with Gasteiger partial charge in [-0.05, 0) is 43.7 Å². The summed E-state index contributed by atoms with van der Waals surface area (Å²) in [5.41, 5.74) is 1.46. The van der Waals surface area contributed by atoms with Crippen molar-refractivity contribution in [2.75, 3.05) is 13.1 Å². The third kappa shape index (κ3) is 5.77. The van der Waals surface area contributed by atoms with Crippen LogP contribution >= 0.6 is 0 Å². The van der Waals surface area contributed by atoms with Gasteiger partial charge in [-0.25, -0.2) is 0 Å². The number of nitrogens with one attached hydrogen (secondary N) is 1. The molecule has 1 atom stereocenters. The molecule has 110 valence electrons. The van der Waals surface area contributed by atoms with E-state index in [4.69, 9.17) is 5.10 Å². The van der Waals surface area contributed by atoms with Crippen LogP contribution < -0.4 is 5.32 Å². The highest BCUT2D eigenvalue weighted by molar-refractivity contribution is 5.03. The van der Waals surface area contributed by atoms with E-state index in [0.29, 0.717) is 12.0 Å². The Kier molecular flexibility index (Phi) is 6.05. The van der Waals surface area contributed by atoms with Gasteiger partial charge in [0.1, 0.15) is 0 Å². The molecule has 1 heterocycles. The topological polar surface area (TPSA) is 29.9 Å². The fourth-order valence-electron chi connectivity index (χ4n) is 2.16. The Morgan fingerprint density at radius 1 is 1.32 bits per heavy atom. The molecule has 0 fully saturated rings. The summed E-state index contributed by atoms with van der Waals surface area (Å²) >= 11 is 0. The first-order valence-electron chi connectivity index (χ1n) is 7.59. The lowest BCUT2D eigenvalue weighted by Crippen LogP contribution is -2.33. The minimum atomic E-state index is 0.253. The molecule has 0 aliphatic carbocycles. The van der Waals surface area contributed by atoms with E-state index in [1.165, 1.54) is 5.69 Å². The van der Waals surface area contributed by atoms with E-state index in [1.54, 1.807) is 0 Å². The van der Waals surface area contributed by atoms with Crippen molar-refractivity contribution in [3.05, 3.63) is 18.0 Å². The molecule has 1 N–H and O–H groups in total. The predicted octanol–water partition coefficient (Wildman–Crippen LogP) is 3.67. The van der Waals surface area contributed by atoms with E-state index in [0.717, 1.165) is 25.9 Å². The van der Waals surface area contributed by atoms with E-state index in [-0.39, 0.29) is 5.41 Å². The SMILES string of the molecule is CCC(C)n1ccc(CC(C)(C)CNCC(C)C)n1. The van der Waals surface area contributed by atoms with Gasteiger partial charge in [0.05, 0.1) is 5.69 Å². The van der Waals surface area contributed by atoms with Crippen LogP contribution in [0.25, 0.3) is 0 Å². The van der Waals surface area contributed by atoms with Crippen molar-refractivity contribution in [2.24, 2.45) is 11.3 Å². The molecule has 1 aromatic heterocycles. The predicted molar refractivity (Wildman–Crippen MR) is 82.4 cm³/mol. The summed E-state index contributed by atoms with van der Waals surface area (Å²) in [5.74, 6) is 0.709. The number of hydrogen-bond acceptors (Lipinski definition) is 2. The van der Waals surface area contributed by atoms with Gasteiger partial charge in [-0.3, -0.25) is 4.68 Å². The fraction of sp³-hybridized carbons (Fsp3) is 0.812. The van der Waals surface area contributed by atoms with Gasteiger partial charge in [-0.15, -0.1) is 0 Å². The molecule has 3 heteroatoms. The number of nitrogens with zero attached hydrogens (tertiary/aromatic N) is 2. The van der Waals surface area contributed by atoms with Crippen LogP contribution in [0.15, 0.2) is 12.3 Å². The van der Waals surface area contributed by atoms with Gasteiger partial charge >= 0.3 is 0 Å². The Balaban J connectivity index is 2.50. The fourth-order valence-corrected chi connectivity index (χ4v) is 2.16. The molecule has 1 unspecified atom stereocenters. The van der Waals surface area contributed by atoms with E-state index in [2.05, 4.69) is 63.8 Å². The molecule has 0 aliphatic rings. The minimum Gasteiger partial charge on any atom is -0.316 e. The van der Waals surface area contributed by atoms with E-state index in [1.807, 2.05) is 0 Å². The molecular formula is C16H31N3. The molecule has 0 saturated heterocycles. The van der Waals surface area contributed by atoms with Crippen LogP contribution in [0, 0.1) is 11.3 Å². The van der Waals surface area contributed by atoms with Gasteiger partial charge in [-0.2, -0.15) is 5.10 Å². The van der Waals surface area contributed by atoms with E-state index >= 15 is 0 Å². The first kappa shape index (κ1) is 16.2. The van der Waals surface area contributed by atoms with Crippen molar-refractivity contribution in [1.82, 2.24) is 15.1 Å². The van der Waals surface area contributed by atoms with Crippen LogP contribution in [0.1, 0.15) is 59.7 Å². The second-order valence-electron chi connectivity index (χ2n) is 6.91. The quantitative estimate of drug-likeness (QED) is 0.777. The van der Waals surface area contributed by atoms with Crippen LogP contribution in [-0.4, -0.2) is 22.9 Å². The van der Waals surface area contributed by atoms with Gasteiger partial charge in [0.25, 0.3) is 0 Å². The average molecular weight is 265 g/mol. The van der Waals surface area contributed by atoms with Crippen LogP contribution in [0.3, 0.4) is 0 Å². The maximum Gasteiger partial charge on any atom is 0.0630 e. The maximum absolute atomic E-state index is 4.70. The summed E-state index contributed by atoms with van der Waals surface area (Å²) in [6.07, 6.45) is 4.27. The second kappa shape index (κ2) is 7.09. The van der Waals surface area contributed by atoms with Crippen LogP contribution in [0.4, 0.5) is 0 Å². The lowest BCUT2D eigenvalue weighted by Gasteiger charge is -2.24. The number of hydrogen-bond donors (Lipinski definition) is 1. The smallest absolute Gasteiger partial charge is 0.0630 e. The van der Waals surface area contributed by atoms with Gasteiger partial charge in [-0.1, -0.05) is 34.6 Å². The molecule has 0 spiro atoms. The average Bonchev–Trinajstić information content (AvgIpc) is 2.74. The largest absolute Gasteiger partial charge is 0.316 e. The zero-order valence-electron chi connectivity index (χ0n) is 13.5. The molecule has 0 radical (unpaired) electrons. The Hall–Kier alpha value is -0.830. The molecule has 0 aromatic carbocycles. The molecule has 1 rings (SSSR count). The number of rotatable bonds is 8. The summed E-state index contributed by atoms with van der Waals surface area (Å²) in [6, 6.07) is 2.66. The van der Waals surface area contributed by atoms with Gasteiger partial charge in [0, 0.05) is 18.8 Å². The molecule has 0 bridgehead atoms. The standard InChI is InChI=1S/C16H31N3/c1-7-14(4)19-9-8-15(18-19)10-16(5,6)12-17-11-13(2)3/h8-9,13-14,17H,7,10-12H2,1-6H3. The van der Waals surface area contributed by atoms with Crippen molar-refractivity contribution in [2.45, 2.75) is 60.4 Å². The Morgan fingerprint density at radius 2 is 2.00 bits per heavy atom. The zero-order chi connectivity index (χ0) is 14.5. The molecule has 3 nitrogen and oxygen atoms in total. The highest BCUT2D eigenvalue weighted by Gasteiger charge is 2.20. The highest BCUT2D eigenvalue weighted by atomic mass is 15.3. The Labute approximate surface area is 118 Å². The highest BCUT2D eigenvalue weighted by Crippen LogP contribution is 2.21. The molecule has 0 aliphatic heterocycles. The maximum atomic E-state index is 4.70. The summed E-state index contributed by atoms with van der Waals surface area (Å²) in [7, 11) is 0. The molecule has 1 aromatic rings. The lowest BCUT2D eigenvalue weighted by molar-refractivity contribution is 0.325. The van der Waals surface area contributed by atoms with Gasteiger partial charge < -0.3 is 5.32 Å². The van der Waals surface area contributed by atoms with Crippen LogP contribution in [0.5, 0.6) is 0 Å². The summed E-state index contributed by atoms with van der Waals surface area (Å²) in [5, 5.41) is 8.25. The van der Waals surface area contributed by atoms with Gasteiger partial charge in [0.2, 0.25) is 0 Å². The normalized spacial score (nSPS) is 14.1. The first-order chi connectivity index (χ1) is 8.84. The molecule has 19 heavy (non-hydrogen) atoms. The summed E-state index contributed by atoms with van der Waals surface area (Å²) < 4.78 is 2.09. The van der Waals surface area contributed by atoms with Crippen molar-refractivity contribution in [3.8, 4) is 0 Å². The zero-order valence-corrected chi connectivity index (χ0v) is 13.5. The van der Waals surface area contributed by atoms with E-state index in [9.17, 15) is 0 Å².